The molecule has 4 aromatic rings. The summed E-state index contributed by atoms with van der Waals surface area (Å²) in [5, 5.41) is 8.37. The summed E-state index contributed by atoms with van der Waals surface area (Å²) >= 11 is 5.83. The molecule has 13 heteroatoms. The molecule has 10 nitrogen and oxygen atoms in total. The quantitative estimate of drug-likeness (QED) is 0.345. The van der Waals surface area contributed by atoms with Crippen molar-refractivity contribution < 1.29 is 23.4 Å². The minimum atomic E-state index is -1.83. The minimum absolute atomic E-state index is 0.147. The van der Waals surface area contributed by atoms with E-state index >= 15 is 0 Å². The highest BCUT2D eigenvalue weighted by molar-refractivity contribution is 6.31. The van der Waals surface area contributed by atoms with E-state index in [0.717, 1.165) is 22.9 Å². The van der Waals surface area contributed by atoms with Gasteiger partial charge in [-0.3, -0.25) is 23.1 Å². The molecule has 4 rings (SSSR count). The molecular formula is C21H15ClF2N4O6. The predicted molar refractivity (Wildman–Crippen MR) is 117 cm³/mol. The van der Waals surface area contributed by atoms with Crippen molar-refractivity contribution in [2.45, 2.75) is 6.54 Å². The molecule has 34 heavy (non-hydrogen) atoms. The van der Waals surface area contributed by atoms with Crippen LogP contribution in [0.4, 0.5) is 13.6 Å². The monoisotopic (exact) mass is 492 g/mol. The van der Waals surface area contributed by atoms with E-state index in [0.29, 0.717) is 15.6 Å². The average molecular weight is 493 g/mol. The lowest BCUT2D eigenvalue weighted by atomic mass is 10.2. The molecule has 0 aliphatic rings. The van der Waals surface area contributed by atoms with E-state index in [1.54, 1.807) is 13.1 Å². The van der Waals surface area contributed by atoms with Crippen LogP contribution < -0.4 is 21.7 Å². The normalized spacial score (nSPS) is 11.2. The summed E-state index contributed by atoms with van der Waals surface area (Å²) < 4.78 is 36.8. The van der Waals surface area contributed by atoms with Crippen LogP contribution in [0.1, 0.15) is 5.56 Å². The fraction of sp³-hybridized carbons (Fsp3) is 0.143. The topological polar surface area (TPSA) is 117 Å². The van der Waals surface area contributed by atoms with Gasteiger partial charge in [0.1, 0.15) is 11.6 Å². The van der Waals surface area contributed by atoms with Gasteiger partial charge in [-0.05, 0) is 30.3 Å². The first-order valence-corrected chi connectivity index (χ1v) is 9.94. The standard InChI is InChI=1S/C21H15ClF2N4O6/c1-25-14-6-3-10(7-15(14)26(2)19(25)30)27-9-16(34-21(32)33)18(29)28(20(27)31)8-11-12(23)4-5-13(24)17(11)22/h3-7,9H,8H2,1-2H3,(H,32,33). The predicted octanol–water partition coefficient (Wildman–Crippen LogP) is 2.23. The number of hydrogen-bond donors (Lipinski definition) is 1. The molecule has 0 saturated heterocycles. The Labute approximate surface area is 193 Å². The van der Waals surface area contributed by atoms with Crippen molar-refractivity contribution in [1.82, 2.24) is 18.3 Å². The van der Waals surface area contributed by atoms with Gasteiger partial charge in [0.2, 0.25) is 5.75 Å². The van der Waals surface area contributed by atoms with Gasteiger partial charge in [0, 0.05) is 19.7 Å². The van der Waals surface area contributed by atoms with Crippen LogP contribution in [0.25, 0.3) is 16.7 Å². The van der Waals surface area contributed by atoms with Crippen molar-refractivity contribution in [2.24, 2.45) is 14.1 Å². The lowest BCUT2D eigenvalue weighted by Gasteiger charge is -2.14. The van der Waals surface area contributed by atoms with Crippen molar-refractivity contribution in [3.8, 4) is 11.4 Å². The van der Waals surface area contributed by atoms with Crippen molar-refractivity contribution in [1.29, 1.82) is 0 Å². The molecule has 2 aromatic heterocycles. The van der Waals surface area contributed by atoms with E-state index in [1.165, 1.54) is 28.3 Å². The number of rotatable bonds is 4. The molecule has 0 aliphatic heterocycles. The molecule has 0 radical (unpaired) electrons. The highest BCUT2D eigenvalue weighted by atomic mass is 35.5. The maximum atomic E-state index is 14.3. The first-order valence-electron chi connectivity index (χ1n) is 9.56. The number of nitrogens with zero attached hydrogens (tertiary/aromatic N) is 4. The highest BCUT2D eigenvalue weighted by Crippen LogP contribution is 2.23. The molecule has 0 amide bonds. The highest BCUT2D eigenvalue weighted by Gasteiger charge is 2.20. The van der Waals surface area contributed by atoms with Gasteiger partial charge >= 0.3 is 17.5 Å². The lowest BCUT2D eigenvalue weighted by molar-refractivity contribution is 0.143. The number of hydrogen-bond acceptors (Lipinski definition) is 5. The van der Waals surface area contributed by atoms with Crippen LogP contribution in [-0.2, 0) is 20.6 Å². The number of halogens is 3. The maximum absolute atomic E-state index is 14.3. The second-order valence-corrected chi connectivity index (χ2v) is 7.68. The average Bonchev–Trinajstić information content (AvgIpc) is 3.01. The molecule has 1 N–H and O–H groups in total. The third-order valence-electron chi connectivity index (χ3n) is 5.33. The lowest BCUT2D eigenvalue weighted by Crippen LogP contribution is -2.40. The fourth-order valence-electron chi connectivity index (χ4n) is 3.58. The fourth-order valence-corrected chi connectivity index (χ4v) is 3.80. The van der Waals surface area contributed by atoms with E-state index in [-0.39, 0.29) is 11.4 Å². The Balaban J connectivity index is 1.99. The Bertz CT molecular complexity index is 1670. The Morgan fingerprint density at radius 3 is 2.32 bits per heavy atom. The molecular weight excluding hydrogens is 478 g/mol. The van der Waals surface area contributed by atoms with Crippen LogP contribution in [0, 0.1) is 11.6 Å². The molecule has 0 atom stereocenters. The smallest absolute Gasteiger partial charge is 0.449 e. The summed E-state index contributed by atoms with van der Waals surface area (Å²) in [6.45, 7) is -0.803. The largest absolute Gasteiger partial charge is 0.511 e. The van der Waals surface area contributed by atoms with Gasteiger partial charge in [-0.1, -0.05) is 11.6 Å². The van der Waals surface area contributed by atoms with Gasteiger partial charge < -0.3 is 9.84 Å². The summed E-state index contributed by atoms with van der Waals surface area (Å²) in [7, 11) is 3.08. The van der Waals surface area contributed by atoms with Crippen LogP contribution in [0.2, 0.25) is 5.02 Å². The number of benzene rings is 2. The van der Waals surface area contributed by atoms with Gasteiger partial charge in [-0.25, -0.2) is 23.2 Å². The molecule has 2 aromatic carbocycles. The molecule has 0 spiro atoms. The third-order valence-corrected chi connectivity index (χ3v) is 5.73. The number of ether oxygens (including phenoxy) is 1. The Kier molecular flexibility index (Phi) is 5.61. The summed E-state index contributed by atoms with van der Waals surface area (Å²) in [4.78, 5) is 49.3. The Hall–Kier alpha value is -4.19. The zero-order valence-electron chi connectivity index (χ0n) is 17.6. The summed E-state index contributed by atoms with van der Waals surface area (Å²) in [5.74, 6) is -2.71. The van der Waals surface area contributed by atoms with Crippen LogP contribution in [-0.4, -0.2) is 29.5 Å². The first kappa shape index (κ1) is 23.0. The number of carboxylic acid groups (broad SMARTS) is 1. The minimum Gasteiger partial charge on any atom is -0.449 e. The van der Waals surface area contributed by atoms with Crippen LogP contribution in [0.3, 0.4) is 0 Å². The van der Waals surface area contributed by atoms with Gasteiger partial charge in [-0.15, -0.1) is 0 Å². The molecule has 0 saturated carbocycles. The zero-order chi connectivity index (χ0) is 24.9. The molecule has 0 unspecified atom stereocenters. The van der Waals surface area contributed by atoms with E-state index < -0.39 is 51.9 Å². The number of fused-ring (bicyclic) bond motifs is 1. The molecule has 0 fully saturated rings. The van der Waals surface area contributed by atoms with Crippen molar-refractivity contribution in [3.63, 3.8) is 0 Å². The van der Waals surface area contributed by atoms with Gasteiger partial charge in [0.05, 0.1) is 34.5 Å². The number of aromatic nitrogens is 4. The van der Waals surface area contributed by atoms with E-state index in [1.807, 2.05) is 0 Å². The Morgan fingerprint density at radius 2 is 1.65 bits per heavy atom. The summed E-state index contributed by atoms with van der Waals surface area (Å²) in [6, 6.07) is 6.04. The molecule has 176 valence electrons. The maximum Gasteiger partial charge on any atom is 0.511 e. The number of carbonyl (C=O) groups is 1. The summed E-state index contributed by atoms with van der Waals surface area (Å²) in [5.41, 5.74) is -1.88. The van der Waals surface area contributed by atoms with Crippen LogP contribution >= 0.6 is 11.6 Å². The van der Waals surface area contributed by atoms with Crippen molar-refractivity contribution in [2.75, 3.05) is 0 Å². The van der Waals surface area contributed by atoms with Crippen molar-refractivity contribution in [3.05, 3.63) is 90.1 Å². The Morgan fingerprint density at radius 1 is 1.00 bits per heavy atom. The van der Waals surface area contributed by atoms with Crippen LogP contribution in [0.15, 0.2) is 50.9 Å². The molecule has 0 bridgehead atoms. The zero-order valence-corrected chi connectivity index (χ0v) is 18.3. The second kappa shape index (κ2) is 8.30. The van der Waals surface area contributed by atoms with Gasteiger partial charge in [-0.2, -0.15) is 0 Å². The summed E-state index contributed by atoms with van der Waals surface area (Å²) in [6.07, 6.45) is -0.967. The van der Waals surface area contributed by atoms with Gasteiger partial charge in [0.25, 0.3) is 5.56 Å². The van der Waals surface area contributed by atoms with E-state index in [4.69, 9.17) is 16.7 Å². The van der Waals surface area contributed by atoms with E-state index in [2.05, 4.69) is 4.74 Å². The van der Waals surface area contributed by atoms with E-state index in [9.17, 15) is 28.0 Å². The molecule has 2 heterocycles. The first-order chi connectivity index (χ1) is 16.0. The second-order valence-electron chi connectivity index (χ2n) is 7.30. The number of imidazole rings is 1. The van der Waals surface area contributed by atoms with Gasteiger partial charge in [0.15, 0.2) is 0 Å². The third kappa shape index (κ3) is 3.67. The van der Waals surface area contributed by atoms with Crippen molar-refractivity contribution >= 4 is 28.8 Å². The SMILES string of the molecule is Cn1c(=O)n(C)c2cc(-n3cc(OC(=O)O)c(=O)n(Cc4c(F)ccc(F)c4Cl)c3=O)ccc21. The van der Waals surface area contributed by atoms with Crippen LogP contribution in [0.5, 0.6) is 5.75 Å². The molecule has 0 aliphatic carbocycles. The number of aryl methyl sites for hydroxylation is 2.